The molecule has 2 amide bonds. The maximum atomic E-state index is 13.5. The van der Waals surface area contributed by atoms with E-state index in [-0.39, 0.29) is 42.2 Å². The Hall–Kier alpha value is -3.27. The number of nitrogens with two attached hydrogens (primary N) is 1. The van der Waals surface area contributed by atoms with Gasteiger partial charge in [-0.3, -0.25) is 14.4 Å². The SMILES string of the molecule is Nc1c(C(=O)[C@H]2CCCN2C(=O)COCCN2CCCC2=O)cnn1-c1cccc(F)c1. The third-order valence-corrected chi connectivity index (χ3v) is 5.90. The first-order valence-electron chi connectivity index (χ1n) is 10.7. The summed E-state index contributed by atoms with van der Waals surface area (Å²) in [5, 5.41) is 4.14. The highest BCUT2D eigenvalue weighted by molar-refractivity contribution is 6.05. The Bertz CT molecular complexity index is 1020. The summed E-state index contributed by atoms with van der Waals surface area (Å²) < 4.78 is 20.3. The van der Waals surface area contributed by atoms with E-state index in [9.17, 15) is 18.8 Å². The smallest absolute Gasteiger partial charge is 0.249 e. The van der Waals surface area contributed by atoms with E-state index in [0.29, 0.717) is 38.0 Å². The van der Waals surface area contributed by atoms with Gasteiger partial charge in [-0.2, -0.15) is 5.10 Å². The van der Waals surface area contributed by atoms with Crippen LogP contribution in [0.25, 0.3) is 5.69 Å². The number of amides is 2. The molecule has 2 N–H and O–H groups in total. The van der Waals surface area contributed by atoms with E-state index >= 15 is 0 Å². The Morgan fingerprint density at radius 3 is 2.84 bits per heavy atom. The molecule has 32 heavy (non-hydrogen) atoms. The van der Waals surface area contributed by atoms with Crippen molar-refractivity contribution in [1.82, 2.24) is 19.6 Å². The first kappa shape index (κ1) is 21.9. The lowest BCUT2D eigenvalue weighted by Crippen LogP contribution is -2.42. The lowest BCUT2D eigenvalue weighted by molar-refractivity contribution is -0.136. The topological polar surface area (TPSA) is 111 Å². The molecule has 0 aliphatic carbocycles. The molecular weight excluding hydrogens is 417 g/mol. The van der Waals surface area contributed by atoms with E-state index in [1.807, 2.05) is 0 Å². The molecule has 2 saturated heterocycles. The molecule has 2 aromatic rings. The normalized spacial score (nSPS) is 18.5. The molecule has 9 nitrogen and oxygen atoms in total. The maximum absolute atomic E-state index is 13.5. The van der Waals surface area contributed by atoms with Crippen molar-refractivity contribution in [3.05, 3.63) is 41.8 Å². The van der Waals surface area contributed by atoms with Crippen molar-refractivity contribution in [2.75, 3.05) is 38.6 Å². The van der Waals surface area contributed by atoms with Gasteiger partial charge >= 0.3 is 0 Å². The second kappa shape index (κ2) is 9.47. The summed E-state index contributed by atoms with van der Waals surface area (Å²) in [6.07, 6.45) is 4.00. The summed E-state index contributed by atoms with van der Waals surface area (Å²) in [7, 11) is 0. The number of carbonyl (C=O) groups excluding carboxylic acids is 3. The van der Waals surface area contributed by atoms with Gasteiger partial charge in [0.25, 0.3) is 0 Å². The van der Waals surface area contributed by atoms with Crippen molar-refractivity contribution in [3.8, 4) is 5.69 Å². The Kier molecular flexibility index (Phi) is 6.50. The molecule has 10 heteroatoms. The number of hydrogen-bond donors (Lipinski definition) is 1. The fourth-order valence-corrected chi connectivity index (χ4v) is 4.24. The zero-order chi connectivity index (χ0) is 22.7. The highest BCUT2D eigenvalue weighted by atomic mass is 19.1. The standard InChI is InChI=1S/C22H26FN5O4/c23-15-4-1-5-16(12-15)28-22(24)17(13-25-28)21(31)18-6-2-9-27(18)20(30)14-32-11-10-26-8-3-7-19(26)29/h1,4-5,12-13,18H,2-3,6-11,14,24H2/t18-/m1/s1. The number of likely N-dealkylation sites (tertiary alicyclic amines) is 2. The van der Waals surface area contributed by atoms with Crippen LogP contribution in [-0.2, 0) is 14.3 Å². The lowest BCUT2D eigenvalue weighted by atomic mass is 10.0. The number of rotatable bonds is 8. The number of Topliss-reactive ketones (excluding diaryl/α,β-unsaturated/α-hetero) is 1. The molecule has 0 saturated carbocycles. The molecule has 1 aromatic heterocycles. The van der Waals surface area contributed by atoms with Crippen LogP contribution in [0.3, 0.4) is 0 Å². The summed E-state index contributed by atoms with van der Waals surface area (Å²) in [4.78, 5) is 40.7. The molecule has 2 fully saturated rings. The number of anilines is 1. The molecule has 0 spiro atoms. The fraction of sp³-hybridized carbons (Fsp3) is 0.455. The highest BCUT2D eigenvalue weighted by Crippen LogP contribution is 2.25. The van der Waals surface area contributed by atoms with Gasteiger partial charge in [0, 0.05) is 26.1 Å². The number of nitrogens with zero attached hydrogens (tertiary/aromatic N) is 4. The molecule has 3 heterocycles. The van der Waals surface area contributed by atoms with E-state index in [1.54, 1.807) is 11.0 Å². The average molecular weight is 443 g/mol. The minimum absolute atomic E-state index is 0.103. The first-order chi connectivity index (χ1) is 15.5. The van der Waals surface area contributed by atoms with Gasteiger partial charge < -0.3 is 20.3 Å². The molecule has 2 aliphatic rings. The summed E-state index contributed by atoms with van der Waals surface area (Å²) >= 11 is 0. The van der Waals surface area contributed by atoms with Gasteiger partial charge in [-0.15, -0.1) is 0 Å². The predicted octanol–water partition coefficient (Wildman–Crippen LogP) is 1.41. The Balaban J connectivity index is 1.37. The minimum Gasteiger partial charge on any atom is -0.383 e. The third kappa shape index (κ3) is 4.50. The fourth-order valence-electron chi connectivity index (χ4n) is 4.24. The number of ether oxygens (including phenoxy) is 1. The molecule has 2 aliphatic heterocycles. The van der Waals surface area contributed by atoms with Crippen LogP contribution in [0.15, 0.2) is 30.5 Å². The molecule has 0 radical (unpaired) electrons. The summed E-state index contributed by atoms with van der Waals surface area (Å²) in [5.74, 6) is -0.789. The summed E-state index contributed by atoms with van der Waals surface area (Å²) in [5.41, 5.74) is 6.75. The van der Waals surface area contributed by atoms with Crippen LogP contribution in [0.1, 0.15) is 36.0 Å². The van der Waals surface area contributed by atoms with E-state index in [2.05, 4.69) is 5.10 Å². The highest BCUT2D eigenvalue weighted by Gasteiger charge is 2.36. The monoisotopic (exact) mass is 443 g/mol. The zero-order valence-corrected chi connectivity index (χ0v) is 17.7. The van der Waals surface area contributed by atoms with Crippen LogP contribution < -0.4 is 5.73 Å². The second-order valence-electron chi connectivity index (χ2n) is 7.98. The van der Waals surface area contributed by atoms with E-state index < -0.39 is 11.9 Å². The predicted molar refractivity (Wildman–Crippen MR) is 114 cm³/mol. The maximum Gasteiger partial charge on any atom is 0.249 e. The third-order valence-electron chi connectivity index (χ3n) is 5.90. The summed E-state index contributed by atoms with van der Waals surface area (Å²) in [6.45, 7) is 1.77. The van der Waals surface area contributed by atoms with Crippen LogP contribution in [0.2, 0.25) is 0 Å². The van der Waals surface area contributed by atoms with E-state index in [0.717, 1.165) is 13.0 Å². The Labute approximate surface area is 184 Å². The molecule has 0 bridgehead atoms. The number of carbonyl (C=O) groups is 3. The zero-order valence-electron chi connectivity index (χ0n) is 17.7. The van der Waals surface area contributed by atoms with Crippen LogP contribution in [0.4, 0.5) is 10.2 Å². The number of nitrogen functional groups attached to an aromatic ring is 1. The van der Waals surface area contributed by atoms with Gasteiger partial charge in [-0.05, 0) is 37.5 Å². The number of aromatic nitrogens is 2. The number of halogens is 1. The summed E-state index contributed by atoms with van der Waals surface area (Å²) in [6, 6.07) is 5.11. The average Bonchev–Trinajstić information content (AvgIpc) is 3.51. The molecule has 1 atom stereocenters. The van der Waals surface area contributed by atoms with E-state index in [1.165, 1.54) is 34.0 Å². The van der Waals surface area contributed by atoms with Crippen molar-refractivity contribution in [3.63, 3.8) is 0 Å². The van der Waals surface area contributed by atoms with Crippen LogP contribution in [0.5, 0.6) is 0 Å². The van der Waals surface area contributed by atoms with Crippen molar-refractivity contribution >= 4 is 23.4 Å². The number of benzene rings is 1. The van der Waals surface area contributed by atoms with Crippen LogP contribution in [0, 0.1) is 5.82 Å². The molecule has 4 rings (SSSR count). The molecule has 170 valence electrons. The second-order valence-corrected chi connectivity index (χ2v) is 7.98. The quantitative estimate of drug-likeness (QED) is 0.488. The van der Waals surface area contributed by atoms with Crippen molar-refractivity contribution < 1.29 is 23.5 Å². The minimum atomic E-state index is -0.640. The van der Waals surface area contributed by atoms with Crippen LogP contribution >= 0.6 is 0 Å². The van der Waals surface area contributed by atoms with Crippen molar-refractivity contribution in [2.45, 2.75) is 31.7 Å². The van der Waals surface area contributed by atoms with Crippen LogP contribution in [-0.4, -0.2) is 76.1 Å². The Morgan fingerprint density at radius 2 is 2.09 bits per heavy atom. The van der Waals surface area contributed by atoms with Gasteiger partial charge in [0.05, 0.1) is 30.1 Å². The number of ketones is 1. The molecule has 0 unspecified atom stereocenters. The molecular formula is C22H26FN5O4. The van der Waals surface area contributed by atoms with Crippen molar-refractivity contribution in [2.24, 2.45) is 0 Å². The molecule has 1 aromatic carbocycles. The number of hydrogen-bond acceptors (Lipinski definition) is 6. The van der Waals surface area contributed by atoms with E-state index in [4.69, 9.17) is 10.5 Å². The van der Waals surface area contributed by atoms with Gasteiger partial charge in [0.15, 0.2) is 5.78 Å². The Morgan fingerprint density at radius 1 is 1.25 bits per heavy atom. The van der Waals surface area contributed by atoms with Crippen molar-refractivity contribution in [1.29, 1.82) is 0 Å². The first-order valence-corrected chi connectivity index (χ1v) is 10.7. The van der Waals surface area contributed by atoms with Gasteiger partial charge in [-0.1, -0.05) is 6.07 Å². The van der Waals surface area contributed by atoms with Gasteiger partial charge in [-0.25, -0.2) is 9.07 Å². The largest absolute Gasteiger partial charge is 0.383 e. The lowest BCUT2D eigenvalue weighted by Gasteiger charge is -2.24. The van der Waals surface area contributed by atoms with Gasteiger partial charge in [0.2, 0.25) is 11.8 Å². The van der Waals surface area contributed by atoms with Gasteiger partial charge in [0.1, 0.15) is 18.2 Å².